The van der Waals surface area contributed by atoms with E-state index in [-0.39, 0.29) is 5.69 Å². The number of hydrogen-bond acceptors (Lipinski definition) is 4. The average Bonchev–Trinajstić information content (AvgIpc) is 2.08. The number of anilines is 1. The molecule has 1 aromatic heterocycles. The highest BCUT2D eigenvalue weighted by atomic mass is 32.2. The van der Waals surface area contributed by atoms with Crippen LogP contribution in [0.1, 0.15) is 17.4 Å². The molecule has 0 radical (unpaired) electrons. The van der Waals surface area contributed by atoms with Crippen LogP contribution in [-0.2, 0) is 0 Å². The van der Waals surface area contributed by atoms with Gasteiger partial charge >= 0.3 is 5.97 Å². The van der Waals surface area contributed by atoms with Crippen LogP contribution in [0.25, 0.3) is 0 Å². The molecule has 13 heavy (non-hydrogen) atoms. The quantitative estimate of drug-likeness (QED) is 0.719. The van der Waals surface area contributed by atoms with E-state index in [4.69, 9.17) is 10.8 Å². The second-order valence-corrected chi connectivity index (χ2v) is 3.58. The molecule has 1 rings (SSSR count). The Balaban J connectivity index is 3.03. The summed E-state index contributed by atoms with van der Waals surface area (Å²) in [5.41, 5.74) is 6.16. The van der Waals surface area contributed by atoms with E-state index in [2.05, 4.69) is 4.98 Å². The maximum atomic E-state index is 10.6. The van der Waals surface area contributed by atoms with Gasteiger partial charge in [-0.05, 0) is 17.9 Å². The summed E-state index contributed by atoms with van der Waals surface area (Å²) in [6.45, 7) is 1.96. The fourth-order valence-electron chi connectivity index (χ4n) is 0.823. The molecule has 0 atom stereocenters. The van der Waals surface area contributed by atoms with Crippen LogP contribution in [-0.4, -0.2) is 21.8 Å². The van der Waals surface area contributed by atoms with Crippen molar-refractivity contribution in [1.82, 2.24) is 4.98 Å². The topological polar surface area (TPSA) is 76.2 Å². The minimum atomic E-state index is -1.03. The first-order chi connectivity index (χ1) is 6.15. The molecule has 0 spiro atoms. The molecule has 3 N–H and O–H groups in total. The van der Waals surface area contributed by atoms with Crippen LogP contribution in [0.5, 0.6) is 0 Å². The Morgan fingerprint density at radius 2 is 2.38 bits per heavy atom. The lowest BCUT2D eigenvalue weighted by molar-refractivity contribution is 0.0690. The average molecular weight is 198 g/mol. The highest BCUT2D eigenvalue weighted by Crippen LogP contribution is 2.22. The fourth-order valence-corrected chi connectivity index (χ4v) is 1.49. The largest absolute Gasteiger partial charge is 0.477 e. The fraction of sp³-hybridized carbons (Fsp3) is 0.250. The molecule has 0 fully saturated rings. The summed E-state index contributed by atoms with van der Waals surface area (Å²) in [4.78, 5) is 14.5. The maximum absolute atomic E-state index is 10.6. The molecule has 0 aliphatic rings. The van der Waals surface area contributed by atoms with Gasteiger partial charge < -0.3 is 10.8 Å². The Labute approximate surface area is 80.2 Å². The summed E-state index contributed by atoms with van der Waals surface area (Å²) < 4.78 is 0. The van der Waals surface area contributed by atoms with E-state index in [0.29, 0.717) is 10.7 Å². The van der Waals surface area contributed by atoms with Gasteiger partial charge in [0.25, 0.3) is 0 Å². The van der Waals surface area contributed by atoms with E-state index in [0.717, 1.165) is 5.75 Å². The second-order valence-electron chi connectivity index (χ2n) is 2.33. The normalized spacial score (nSPS) is 9.92. The Morgan fingerprint density at radius 3 is 2.92 bits per heavy atom. The lowest BCUT2D eigenvalue weighted by atomic mass is 10.3. The van der Waals surface area contributed by atoms with Gasteiger partial charge in [0.15, 0.2) is 0 Å². The number of aromatic nitrogens is 1. The van der Waals surface area contributed by atoms with Gasteiger partial charge in [-0.2, -0.15) is 0 Å². The number of carbonyl (C=O) groups is 1. The van der Waals surface area contributed by atoms with Gasteiger partial charge in [-0.1, -0.05) is 6.92 Å². The van der Waals surface area contributed by atoms with Crippen molar-refractivity contribution in [3.63, 3.8) is 0 Å². The maximum Gasteiger partial charge on any atom is 0.354 e. The molecule has 4 nitrogen and oxygen atoms in total. The minimum absolute atomic E-state index is 0.0325. The molecule has 70 valence electrons. The van der Waals surface area contributed by atoms with E-state index < -0.39 is 5.97 Å². The number of nitrogens with two attached hydrogens (primary N) is 1. The molecule has 0 amide bonds. The van der Waals surface area contributed by atoms with Crippen LogP contribution in [0.2, 0.25) is 0 Å². The van der Waals surface area contributed by atoms with Crippen molar-refractivity contribution in [2.45, 2.75) is 11.9 Å². The van der Waals surface area contributed by atoms with Crippen LogP contribution in [0.4, 0.5) is 5.69 Å². The molecule has 0 aliphatic heterocycles. The Morgan fingerprint density at radius 1 is 1.69 bits per heavy atom. The third kappa shape index (κ3) is 2.35. The number of aromatic carboxylic acids is 1. The van der Waals surface area contributed by atoms with Crippen molar-refractivity contribution < 1.29 is 9.90 Å². The first kappa shape index (κ1) is 9.85. The van der Waals surface area contributed by atoms with Gasteiger partial charge in [0, 0.05) is 0 Å². The predicted molar refractivity (Wildman–Crippen MR) is 52.0 cm³/mol. The zero-order valence-corrected chi connectivity index (χ0v) is 7.97. The molecular formula is C8H10N2O2S. The van der Waals surface area contributed by atoms with Gasteiger partial charge in [0.1, 0.15) is 10.7 Å². The number of nitrogen functional groups attached to an aromatic ring is 1. The highest BCUT2D eigenvalue weighted by Gasteiger charge is 2.07. The molecule has 0 aliphatic carbocycles. The molecule has 0 unspecified atom stereocenters. The van der Waals surface area contributed by atoms with E-state index in [1.807, 2.05) is 6.92 Å². The summed E-state index contributed by atoms with van der Waals surface area (Å²) >= 11 is 1.43. The Hall–Kier alpha value is -1.23. The van der Waals surface area contributed by atoms with Crippen molar-refractivity contribution in [3.05, 3.63) is 17.8 Å². The third-order valence-electron chi connectivity index (χ3n) is 1.39. The number of carboxylic acid groups (broad SMARTS) is 1. The monoisotopic (exact) mass is 198 g/mol. The van der Waals surface area contributed by atoms with Gasteiger partial charge in [-0.15, -0.1) is 11.8 Å². The van der Waals surface area contributed by atoms with Crippen molar-refractivity contribution in [1.29, 1.82) is 0 Å². The molecule has 5 heteroatoms. The SMILES string of the molecule is CCSc1nc(C(=O)O)ccc1N. The zero-order valence-electron chi connectivity index (χ0n) is 7.15. The first-order valence-corrected chi connectivity index (χ1v) is 4.76. The van der Waals surface area contributed by atoms with E-state index in [1.54, 1.807) is 6.07 Å². The van der Waals surface area contributed by atoms with Crippen molar-refractivity contribution in [2.24, 2.45) is 0 Å². The first-order valence-electron chi connectivity index (χ1n) is 3.77. The molecule has 1 heterocycles. The van der Waals surface area contributed by atoms with Crippen molar-refractivity contribution in [3.8, 4) is 0 Å². The summed E-state index contributed by atoms with van der Waals surface area (Å²) in [5.74, 6) is -0.210. The lowest BCUT2D eigenvalue weighted by Crippen LogP contribution is -2.02. The Kier molecular flexibility index (Phi) is 3.13. The van der Waals surface area contributed by atoms with Gasteiger partial charge in [0.2, 0.25) is 0 Å². The zero-order chi connectivity index (χ0) is 9.84. The number of thioether (sulfide) groups is 1. The van der Waals surface area contributed by atoms with Crippen LogP contribution < -0.4 is 5.73 Å². The lowest BCUT2D eigenvalue weighted by Gasteiger charge is -2.02. The summed E-state index contributed by atoms with van der Waals surface area (Å²) in [5, 5.41) is 9.24. The number of carboxylic acids is 1. The molecule has 0 aromatic carbocycles. The summed E-state index contributed by atoms with van der Waals surface area (Å²) in [6.07, 6.45) is 0. The highest BCUT2D eigenvalue weighted by molar-refractivity contribution is 7.99. The molecule has 0 saturated heterocycles. The molecular weight excluding hydrogens is 188 g/mol. The smallest absolute Gasteiger partial charge is 0.354 e. The Bertz CT molecular complexity index is 328. The van der Waals surface area contributed by atoms with Crippen LogP contribution in [0.3, 0.4) is 0 Å². The molecule has 0 bridgehead atoms. The summed E-state index contributed by atoms with van der Waals surface area (Å²) in [6, 6.07) is 2.96. The standard InChI is InChI=1S/C8H10N2O2S/c1-2-13-7-5(9)3-4-6(10-7)8(11)12/h3-4H,2,9H2,1H3,(H,11,12). The van der Waals surface area contributed by atoms with E-state index >= 15 is 0 Å². The minimum Gasteiger partial charge on any atom is -0.477 e. The molecule has 1 aromatic rings. The van der Waals surface area contributed by atoms with Crippen LogP contribution in [0, 0.1) is 0 Å². The predicted octanol–water partition coefficient (Wildman–Crippen LogP) is 1.47. The number of pyridine rings is 1. The molecule has 0 saturated carbocycles. The summed E-state index contributed by atoms with van der Waals surface area (Å²) in [7, 11) is 0. The number of rotatable bonds is 3. The van der Waals surface area contributed by atoms with Crippen molar-refractivity contribution in [2.75, 3.05) is 11.5 Å². The number of nitrogens with zero attached hydrogens (tertiary/aromatic N) is 1. The third-order valence-corrected chi connectivity index (χ3v) is 2.28. The van der Waals surface area contributed by atoms with Gasteiger partial charge in [-0.25, -0.2) is 9.78 Å². The number of hydrogen-bond donors (Lipinski definition) is 2. The second kappa shape index (κ2) is 4.13. The van der Waals surface area contributed by atoms with Gasteiger partial charge in [0.05, 0.1) is 5.69 Å². The van der Waals surface area contributed by atoms with E-state index in [9.17, 15) is 4.79 Å². The van der Waals surface area contributed by atoms with E-state index in [1.165, 1.54) is 17.8 Å². The van der Waals surface area contributed by atoms with Crippen LogP contribution >= 0.6 is 11.8 Å². The van der Waals surface area contributed by atoms with Gasteiger partial charge in [-0.3, -0.25) is 0 Å². The van der Waals surface area contributed by atoms with Crippen LogP contribution in [0.15, 0.2) is 17.2 Å². The van der Waals surface area contributed by atoms with Crippen molar-refractivity contribution >= 4 is 23.4 Å².